The normalized spacial score (nSPS) is 11.2. The van der Waals surface area contributed by atoms with Crippen molar-refractivity contribution in [1.82, 2.24) is 9.88 Å². The van der Waals surface area contributed by atoms with Crippen LogP contribution in [0.5, 0.6) is 0 Å². The Labute approximate surface area is 183 Å². The van der Waals surface area contributed by atoms with Crippen LogP contribution in [0.1, 0.15) is 38.3 Å². The van der Waals surface area contributed by atoms with Gasteiger partial charge in [0.05, 0.1) is 0 Å². The molecule has 0 radical (unpaired) electrons. The molecule has 0 aliphatic heterocycles. The van der Waals surface area contributed by atoms with Crippen molar-refractivity contribution in [2.24, 2.45) is 0 Å². The molecule has 0 saturated heterocycles. The fraction of sp³-hybridized carbons (Fsp3) is 0.222. The van der Waals surface area contributed by atoms with E-state index >= 15 is 0 Å². The summed E-state index contributed by atoms with van der Waals surface area (Å²) < 4.78 is 1.95. The first-order chi connectivity index (χ1) is 15.0. The number of carboxylic acid groups (broad SMARTS) is 1. The van der Waals surface area contributed by atoms with Crippen molar-refractivity contribution < 1.29 is 9.90 Å². The van der Waals surface area contributed by atoms with Gasteiger partial charge < -0.3 is 15.0 Å². The van der Waals surface area contributed by atoms with Gasteiger partial charge in [0.2, 0.25) is 0 Å². The van der Waals surface area contributed by atoms with E-state index in [1.54, 1.807) is 0 Å². The van der Waals surface area contributed by atoms with Crippen molar-refractivity contribution in [3.8, 4) is 0 Å². The SMILES string of the molecule is Cc1ccc(C)c(Cn2c(C(=O)O)c(CNCCc3ccccc3)c3ccccc32)c1. The quantitative estimate of drug-likeness (QED) is 0.384. The fourth-order valence-corrected chi connectivity index (χ4v) is 4.19. The number of carbonyl (C=O) groups is 1. The molecule has 4 nitrogen and oxygen atoms in total. The zero-order valence-electron chi connectivity index (χ0n) is 18.1. The largest absolute Gasteiger partial charge is 0.477 e. The molecule has 0 saturated carbocycles. The molecule has 0 aliphatic carbocycles. The summed E-state index contributed by atoms with van der Waals surface area (Å²) in [5, 5.41) is 14.6. The number of hydrogen-bond donors (Lipinski definition) is 2. The summed E-state index contributed by atoms with van der Waals surface area (Å²) in [7, 11) is 0. The van der Waals surface area contributed by atoms with Gasteiger partial charge in [-0.2, -0.15) is 0 Å². The molecular formula is C27H28N2O2. The van der Waals surface area contributed by atoms with Crippen molar-refractivity contribution >= 4 is 16.9 Å². The summed E-state index contributed by atoms with van der Waals surface area (Å²) in [6, 6.07) is 24.6. The van der Waals surface area contributed by atoms with Crippen molar-refractivity contribution in [3.05, 3.63) is 106 Å². The lowest BCUT2D eigenvalue weighted by atomic mass is 10.1. The summed E-state index contributed by atoms with van der Waals surface area (Å²) in [5.41, 5.74) is 6.94. The van der Waals surface area contributed by atoms with E-state index in [1.165, 1.54) is 16.7 Å². The summed E-state index contributed by atoms with van der Waals surface area (Å²) in [4.78, 5) is 12.4. The summed E-state index contributed by atoms with van der Waals surface area (Å²) in [6.07, 6.45) is 0.907. The van der Waals surface area contributed by atoms with Gasteiger partial charge in [0.25, 0.3) is 0 Å². The topological polar surface area (TPSA) is 54.3 Å². The molecule has 158 valence electrons. The number of aromatic nitrogens is 1. The van der Waals surface area contributed by atoms with Gasteiger partial charge in [-0.15, -0.1) is 0 Å². The molecule has 0 fully saturated rings. The molecule has 0 unspecified atom stereocenters. The molecule has 4 heteroatoms. The molecule has 0 atom stereocenters. The second-order valence-electron chi connectivity index (χ2n) is 8.08. The molecule has 3 aromatic carbocycles. The number of benzene rings is 3. The third kappa shape index (κ3) is 4.54. The zero-order chi connectivity index (χ0) is 21.8. The van der Waals surface area contributed by atoms with E-state index in [2.05, 4.69) is 49.5 Å². The molecule has 0 spiro atoms. The van der Waals surface area contributed by atoms with Crippen LogP contribution >= 0.6 is 0 Å². The molecule has 0 aliphatic rings. The number of hydrogen-bond acceptors (Lipinski definition) is 2. The van der Waals surface area contributed by atoms with Crippen LogP contribution in [0.3, 0.4) is 0 Å². The number of nitrogens with one attached hydrogen (secondary N) is 1. The van der Waals surface area contributed by atoms with Crippen LogP contribution in [0, 0.1) is 13.8 Å². The number of rotatable bonds is 8. The Morgan fingerprint density at radius 1 is 0.968 bits per heavy atom. The lowest BCUT2D eigenvalue weighted by molar-refractivity contribution is 0.0684. The molecule has 1 aromatic heterocycles. The van der Waals surface area contributed by atoms with E-state index in [0.717, 1.165) is 35.0 Å². The first-order valence-electron chi connectivity index (χ1n) is 10.7. The maximum atomic E-state index is 12.4. The monoisotopic (exact) mass is 412 g/mol. The van der Waals surface area contributed by atoms with Gasteiger partial charge in [0.15, 0.2) is 0 Å². The van der Waals surface area contributed by atoms with Gasteiger partial charge in [-0.1, -0.05) is 72.3 Å². The van der Waals surface area contributed by atoms with E-state index in [-0.39, 0.29) is 0 Å². The standard InChI is InChI=1S/C27H28N2O2/c1-19-12-13-20(2)22(16-19)18-29-25-11-7-6-10-23(25)24(26(29)27(30)31)17-28-15-14-21-8-4-3-5-9-21/h3-13,16,28H,14-15,17-18H2,1-2H3,(H,30,31). The first-order valence-corrected chi connectivity index (χ1v) is 10.7. The number of carboxylic acids is 1. The predicted octanol–water partition coefficient (Wildman–Crippen LogP) is 5.34. The van der Waals surface area contributed by atoms with Gasteiger partial charge in [0, 0.05) is 29.6 Å². The minimum atomic E-state index is -0.888. The van der Waals surface area contributed by atoms with Gasteiger partial charge in [-0.05, 0) is 49.6 Å². The van der Waals surface area contributed by atoms with E-state index < -0.39 is 5.97 Å². The highest BCUT2D eigenvalue weighted by Crippen LogP contribution is 2.28. The lowest BCUT2D eigenvalue weighted by Crippen LogP contribution is -2.19. The average molecular weight is 413 g/mol. The number of aryl methyl sites for hydroxylation is 2. The number of aromatic carboxylic acids is 1. The van der Waals surface area contributed by atoms with Crippen molar-refractivity contribution in [1.29, 1.82) is 0 Å². The Morgan fingerprint density at radius 2 is 1.71 bits per heavy atom. The van der Waals surface area contributed by atoms with Crippen molar-refractivity contribution in [2.75, 3.05) is 6.54 Å². The highest BCUT2D eigenvalue weighted by atomic mass is 16.4. The summed E-state index contributed by atoms with van der Waals surface area (Å²) in [6.45, 7) is 6.00. The maximum Gasteiger partial charge on any atom is 0.352 e. The Bertz CT molecular complexity index is 1210. The second-order valence-corrected chi connectivity index (χ2v) is 8.08. The molecular weight excluding hydrogens is 384 g/mol. The number of nitrogens with zero attached hydrogens (tertiary/aromatic N) is 1. The predicted molar refractivity (Wildman–Crippen MR) is 126 cm³/mol. The molecule has 0 bridgehead atoms. The average Bonchev–Trinajstić information content (AvgIpc) is 3.08. The lowest BCUT2D eigenvalue weighted by Gasteiger charge is -2.13. The molecule has 31 heavy (non-hydrogen) atoms. The van der Waals surface area contributed by atoms with Crippen LogP contribution < -0.4 is 5.32 Å². The van der Waals surface area contributed by atoms with Crippen LogP contribution in [0.4, 0.5) is 0 Å². The second kappa shape index (κ2) is 9.19. The summed E-state index contributed by atoms with van der Waals surface area (Å²) >= 11 is 0. The fourth-order valence-electron chi connectivity index (χ4n) is 4.19. The Kier molecular flexibility index (Phi) is 6.19. The van der Waals surface area contributed by atoms with Crippen LogP contribution in [0.15, 0.2) is 72.8 Å². The smallest absolute Gasteiger partial charge is 0.352 e. The zero-order valence-corrected chi connectivity index (χ0v) is 18.1. The maximum absolute atomic E-state index is 12.4. The van der Waals surface area contributed by atoms with Crippen LogP contribution in [0.2, 0.25) is 0 Å². The highest BCUT2D eigenvalue weighted by molar-refractivity contribution is 5.98. The molecule has 0 amide bonds. The minimum absolute atomic E-state index is 0.370. The number of para-hydroxylation sites is 1. The van der Waals surface area contributed by atoms with Crippen molar-refractivity contribution in [2.45, 2.75) is 33.4 Å². The Hall–Kier alpha value is -3.37. The van der Waals surface area contributed by atoms with Gasteiger partial charge in [-0.3, -0.25) is 0 Å². The molecule has 4 rings (SSSR count). The van der Waals surface area contributed by atoms with Gasteiger partial charge >= 0.3 is 5.97 Å². The third-order valence-electron chi connectivity index (χ3n) is 5.85. The van der Waals surface area contributed by atoms with Crippen molar-refractivity contribution in [3.63, 3.8) is 0 Å². The van der Waals surface area contributed by atoms with Crippen LogP contribution in [0.25, 0.3) is 10.9 Å². The molecule has 4 aromatic rings. The first kappa shape index (κ1) is 20.9. The van der Waals surface area contributed by atoms with E-state index in [1.807, 2.05) is 47.0 Å². The van der Waals surface area contributed by atoms with E-state index in [9.17, 15) is 9.90 Å². The van der Waals surface area contributed by atoms with Gasteiger partial charge in [-0.25, -0.2) is 4.79 Å². The highest BCUT2D eigenvalue weighted by Gasteiger charge is 2.22. The van der Waals surface area contributed by atoms with E-state index in [0.29, 0.717) is 18.8 Å². The van der Waals surface area contributed by atoms with Crippen LogP contribution in [-0.4, -0.2) is 22.2 Å². The van der Waals surface area contributed by atoms with Crippen LogP contribution in [-0.2, 0) is 19.5 Å². The van der Waals surface area contributed by atoms with Gasteiger partial charge in [0.1, 0.15) is 5.69 Å². The Morgan fingerprint density at radius 3 is 2.48 bits per heavy atom. The Balaban J connectivity index is 1.66. The molecule has 2 N–H and O–H groups in total. The molecule has 1 heterocycles. The minimum Gasteiger partial charge on any atom is -0.477 e. The number of fused-ring (bicyclic) bond motifs is 1. The van der Waals surface area contributed by atoms with E-state index in [4.69, 9.17) is 0 Å². The summed E-state index contributed by atoms with van der Waals surface area (Å²) in [5.74, 6) is -0.888. The third-order valence-corrected chi connectivity index (χ3v) is 5.85.